The van der Waals surface area contributed by atoms with E-state index in [4.69, 9.17) is 10.4 Å². The summed E-state index contributed by atoms with van der Waals surface area (Å²) in [5, 5.41) is 17.1. The van der Waals surface area contributed by atoms with Gasteiger partial charge in [0.05, 0.1) is 11.8 Å². The summed E-state index contributed by atoms with van der Waals surface area (Å²) in [5.74, 6) is -1.40. The number of carboxylic acid groups (broad SMARTS) is 1. The van der Waals surface area contributed by atoms with Crippen molar-refractivity contribution in [3.63, 3.8) is 0 Å². The van der Waals surface area contributed by atoms with Crippen molar-refractivity contribution in [2.24, 2.45) is 5.41 Å². The van der Waals surface area contributed by atoms with E-state index in [0.717, 1.165) is 0 Å². The maximum Gasteiger partial charge on any atom is 0.348 e. The molecule has 0 atom stereocenters. The van der Waals surface area contributed by atoms with Gasteiger partial charge >= 0.3 is 11.9 Å². The second kappa shape index (κ2) is 6.97. The van der Waals surface area contributed by atoms with Gasteiger partial charge in [-0.3, -0.25) is 4.79 Å². The SMILES string of the molecule is O=C(O)CC(CCS)(CCS)C(=O)OO. The van der Waals surface area contributed by atoms with Crippen LogP contribution in [-0.4, -0.2) is 33.8 Å². The van der Waals surface area contributed by atoms with Crippen LogP contribution in [0.1, 0.15) is 19.3 Å². The molecule has 0 aromatic rings. The Morgan fingerprint density at radius 3 is 1.93 bits per heavy atom. The molecule has 15 heavy (non-hydrogen) atoms. The summed E-state index contributed by atoms with van der Waals surface area (Å²) in [6.07, 6.45) is 0.0538. The monoisotopic (exact) mass is 254 g/mol. The van der Waals surface area contributed by atoms with Crippen molar-refractivity contribution < 1.29 is 24.8 Å². The molecule has 0 saturated heterocycles. The van der Waals surface area contributed by atoms with E-state index in [1.165, 1.54) is 0 Å². The maximum absolute atomic E-state index is 11.3. The van der Waals surface area contributed by atoms with Gasteiger partial charge in [0.15, 0.2) is 0 Å². The van der Waals surface area contributed by atoms with Crippen LogP contribution in [-0.2, 0) is 14.5 Å². The number of hydrogen-bond donors (Lipinski definition) is 4. The van der Waals surface area contributed by atoms with Gasteiger partial charge in [-0.1, -0.05) is 0 Å². The molecule has 0 rings (SSSR count). The minimum absolute atomic E-state index is 0.225. The molecule has 0 heterocycles. The minimum atomic E-state index is -1.23. The molecule has 2 N–H and O–H groups in total. The lowest BCUT2D eigenvalue weighted by Crippen LogP contribution is -2.36. The lowest BCUT2D eigenvalue weighted by molar-refractivity contribution is -0.246. The molecule has 0 aliphatic heterocycles. The number of carbonyl (C=O) groups is 2. The lowest BCUT2D eigenvalue weighted by Gasteiger charge is -2.27. The molecule has 0 saturated carbocycles. The first-order valence-electron chi connectivity index (χ1n) is 4.32. The zero-order valence-electron chi connectivity index (χ0n) is 8.05. The summed E-state index contributed by atoms with van der Waals surface area (Å²) in [6, 6.07) is 0. The number of rotatable bonds is 7. The van der Waals surface area contributed by atoms with Crippen LogP contribution in [0.5, 0.6) is 0 Å². The molecular formula is C8H14O5S2. The zero-order chi connectivity index (χ0) is 11.9. The molecule has 0 unspecified atom stereocenters. The van der Waals surface area contributed by atoms with Gasteiger partial charge in [0.25, 0.3) is 0 Å². The van der Waals surface area contributed by atoms with E-state index in [9.17, 15) is 9.59 Å². The molecule has 88 valence electrons. The molecule has 0 aliphatic carbocycles. The van der Waals surface area contributed by atoms with E-state index >= 15 is 0 Å². The van der Waals surface area contributed by atoms with E-state index in [0.29, 0.717) is 11.5 Å². The average Bonchev–Trinajstić information content (AvgIpc) is 2.16. The topological polar surface area (TPSA) is 83.8 Å². The summed E-state index contributed by atoms with van der Waals surface area (Å²) < 4.78 is 0. The van der Waals surface area contributed by atoms with Crippen LogP contribution in [0.4, 0.5) is 0 Å². The number of hydrogen-bond acceptors (Lipinski definition) is 6. The molecule has 0 spiro atoms. The molecule has 7 heteroatoms. The van der Waals surface area contributed by atoms with Gasteiger partial charge in [-0.05, 0) is 24.3 Å². The Hall–Kier alpha value is -0.400. The largest absolute Gasteiger partial charge is 0.481 e. The van der Waals surface area contributed by atoms with E-state index in [-0.39, 0.29) is 12.8 Å². The first kappa shape index (κ1) is 14.6. The maximum atomic E-state index is 11.3. The predicted molar refractivity (Wildman–Crippen MR) is 60.3 cm³/mol. The quantitative estimate of drug-likeness (QED) is 0.311. The molecule has 0 aliphatic rings. The van der Waals surface area contributed by atoms with Crippen molar-refractivity contribution in [2.45, 2.75) is 19.3 Å². The van der Waals surface area contributed by atoms with Crippen molar-refractivity contribution >= 4 is 37.2 Å². The van der Waals surface area contributed by atoms with E-state index < -0.39 is 23.8 Å². The van der Waals surface area contributed by atoms with E-state index in [1.54, 1.807) is 0 Å². The number of carbonyl (C=O) groups excluding carboxylic acids is 1. The van der Waals surface area contributed by atoms with Crippen molar-refractivity contribution in [3.05, 3.63) is 0 Å². The van der Waals surface area contributed by atoms with Crippen molar-refractivity contribution in [1.29, 1.82) is 0 Å². The zero-order valence-corrected chi connectivity index (χ0v) is 9.84. The molecular weight excluding hydrogens is 240 g/mol. The molecule has 5 nitrogen and oxygen atoms in total. The van der Waals surface area contributed by atoms with Crippen LogP contribution < -0.4 is 0 Å². The third kappa shape index (κ3) is 4.31. The Bertz CT molecular complexity index is 225. The number of carboxylic acids is 1. The molecule has 0 fully saturated rings. The fourth-order valence-electron chi connectivity index (χ4n) is 1.39. The van der Waals surface area contributed by atoms with Gasteiger partial charge in [0, 0.05) is 0 Å². The highest BCUT2D eigenvalue weighted by Crippen LogP contribution is 2.33. The fourth-order valence-corrected chi connectivity index (χ4v) is 2.25. The summed E-state index contributed by atoms with van der Waals surface area (Å²) in [5.41, 5.74) is -1.23. The smallest absolute Gasteiger partial charge is 0.348 e. The van der Waals surface area contributed by atoms with Gasteiger partial charge in [-0.2, -0.15) is 30.5 Å². The average molecular weight is 254 g/mol. The molecule has 0 radical (unpaired) electrons. The van der Waals surface area contributed by atoms with Crippen LogP contribution in [0.15, 0.2) is 0 Å². The Kier molecular flexibility index (Phi) is 6.78. The lowest BCUT2D eigenvalue weighted by atomic mass is 9.79. The second-order valence-electron chi connectivity index (χ2n) is 3.18. The minimum Gasteiger partial charge on any atom is -0.481 e. The summed E-state index contributed by atoms with van der Waals surface area (Å²) in [4.78, 5) is 25.6. The summed E-state index contributed by atoms with van der Waals surface area (Å²) in [6.45, 7) is 0. The summed E-state index contributed by atoms with van der Waals surface area (Å²) >= 11 is 7.91. The Labute approximate surface area is 98.6 Å². The van der Waals surface area contributed by atoms with Crippen LogP contribution in [0, 0.1) is 5.41 Å². The third-order valence-electron chi connectivity index (χ3n) is 2.19. The van der Waals surface area contributed by atoms with Gasteiger partial charge in [-0.25, -0.2) is 4.79 Å². The predicted octanol–water partition coefficient (Wildman–Crippen LogP) is 1.10. The highest BCUT2D eigenvalue weighted by Gasteiger charge is 2.41. The molecule has 0 bridgehead atoms. The Morgan fingerprint density at radius 2 is 1.67 bits per heavy atom. The van der Waals surface area contributed by atoms with Gasteiger partial charge in [0.1, 0.15) is 0 Å². The second-order valence-corrected chi connectivity index (χ2v) is 4.07. The Morgan fingerprint density at radius 1 is 1.20 bits per heavy atom. The van der Waals surface area contributed by atoms with Crippen LogP contribution in [0.3, 0.4) is 0 Å². The van der Waals surface area contributed by atoms with E-state index in [1.807, 2.05) is 0 Å². The van der Waals surface area contributed by atoms with Gasteiger partial charge < -0.3 is 9.99 Å². The van der Waals surface area contributed by atoms with Crippen LogP contribution in [0.2, 0.25) is 0 Å². The third-order valence-corrected chi connectivity index (χ3v) is 2.63. The normalized spacial score (nSPS) is 11.1. The standard InChI is InChI=1S/C8H14O5S2/c9-6(10)5-8(1-3-14,2-4-15)7(11)13-12/h12,14-15H,1-5H2,(H,9,10). The van der Waals surface area contributed by atoms with Crippen molar-refractivity contribution in [3.8, 4) is 0 Å². The highest BCUT2D eigenvalue weighted by molar-refractivity contribution is 7.80. The molecule has 0 amide bonds. The first-order valence-corrected chi connectivity index (χ1v) is 5.58. The van der Waals surface area contributed by atoms with Gasteiger partial charge in [0.2, 0.25) is 0 Å². The highest BCUT2D eigenvalue weighted by atomic mass is 32.1. The number of aliphatic carboxylic acids is 1. The van der Waals surface area contributed by atoms with Crippen molar-refractivity contribution in [1.82, 2.24) is 0 Å². The van der Waals surface area contributed by atoms with Crippen LogP contribution in [0.25, 0.3) is 0 Å². The molecule has 0 aromatic carbocycles. The molecule has 0 aromatic heterocycles. The summed E-state index contributed by atoms with van der Waals surface area (Å²) in [7, 11) is 0. The fraction of sp³-hybridized carbons (Fsp3) is 0.750. The van der Waals surface area contributed by atoms with Gasteiger partial charge in [-0.15, -0.1) is 0 Å². The van der Waals surface area contributed by atoms with E-state index in [2.05, 4.69) is 30.1 Å². The Balaban J connectivity index is 4.86. The number of thiol groups is 2. The first-order chi connectivity index (χ1) is 7.02. The van der Waals surface area contributed by atoms with Crippen LogP contribution >= 0.6 is 25.3 Å². The van der Waals surface area contributed by atoms with Crippen molar-refractivity contribution in [2.75, 3.05) is 11.5 Å².